The van der Waals surface area contributed by atoms with E-state index in [1.165, 1.54) is 4.88 Å². The van der Waals surface area contributed by atoms with E-state index in [0.29, 0.717) is 0 Å². The van der Waals surface area contributed by atoms with Crippen molar-refractivity contribution in [2.75, 3.05) is 5.43 Å². The normalized spacial score (nSPS) is 11.5. The predicted molar refractivity (Wildman–Crippen MR) is 74.3 cm³/mol. The van der Waals surface area contributed by atoms with Crippen molar-refractivity contribution in [2.45, 2.75) is 6.92 Å². The van der Waals surface area contributed by atoms with E-state index >= 15 is 0 Å². The smallest absolute Gasteiger partial charge is 0.0747 e. The number of halogens is 1. The number of hydrazone groups is 1. The Kier molecular flexibility index (Phi) is 3.74. The van der Waals surface area contributed by atoms with Crippen LogP contribution in [0.2, 0.25) is 0 Å². The van der Waals surface area contributed by atoms with Crippen LogP contribution in [0.1, 0.15) is 11.8 Å². The number of rotatable bonds is 3. The van der Waals surface area contributed by atoms with Crippen molar-refractivity contribution in [3.05, 3.63) is 51.1 Å². The molecular formula is C12H11BrN2S. The first-order valence-corrected chi connectivity index (χ1v) is 6.53. The molecule has 0 bridgehead atoms. The summed E-state index contributed by atoms with van der Waals surface area (Å²) in [5, 5.41) is 6.38. The topological polar surface area (TPSA) is 24.4 Å². The number of hydrogen-bond acceptors (Lipinski definition) is 3. The zero-order valence-electron chi connectivity index (χ0n) is 8.77. The number of nitrogens with one attached hydrogen (secondary N) is 1. The summed E-state index contributed by atoms with van der Waals surface area (Å²) in [5.41, 5.74) is 5.02. The van der Waals surface area contributed by atoms with Crippen molar-refractivity contribution in [2.24, 2.45) is 5.10 Å². The van der Waals surface area contributed by atoms with Crippen molar-refractivity contribution in [3.8, 4) is 0 Å². The summed E-state index contributed by atoms with van der Waals surface area (Å²) < 4.78 is 1.07. The van der Waals surface area contributed by atoms with E-state index < -0.39 is 0 Å². The number of benzene rings is 1. The van der Waals surface area contributed by atoms with Crippen LogP contribution in [0.5, 0.6) is 0 Å². The monoisotopic (exact) mass is 294 g/mol. The van der Waals surface area contributed by atoms with E-state index in [4.69, 9.17) is 0 Å². The predicted octanol–water partition coefficient (Wildman–Crippen LogP) is 4.35. The largest absolute Gasteiger partial charge is 0.278 e. The second-order valence-corrected chi connectivity index (χ2v) is 5.16. The van der Waals surface area contributed by atoms with Gasteiger partial charge < -0.3 is 0 Å². The van der Waals surface area contributed by atoms with Crippen LogP contribution in [-0.2, 0) is 0 Å². The quantitative estimate of drug-likeness (QED) is 0.661. The first-order valence-electron chi connectivity index (χ1n) is 4.85. The molecule has 1 aromatic heterocycles. The summed E-state index contributed by atoms with van der Waals surface area (Å²) in [6.07, 6.45) is 0. The second kappa shape index (κ2) is 5.27. The summed E-state index contributed by atoms with van der Waals surface area (Å²) in [7, 11) is 0. The van der Waals surface area contributed by atoms with E-state index in [9.17, 15) is 0 Å². The van der Waals surface area contributed by atoms with Crippen LogP contribution in [0.15, 0.2) is 51.4 Å². The fraction of sp³-hybridized carbons (Fsp3) is 0.0833. The van der Waals surface area contributed by atoms with Crippen LogP contribution in [0.4, 0.5) is 5.69 Å². The fourth-order valence-corrected chi connectivity index (χ4v) is 2.15. The first-order chi connectivity index (χ1) is 7.75. The molecular weight excluding hydrogens is 284 g/mol. The average molecular weight is 295 g/mol. The maximum atomic E-state index is 4.33. The van der Waals surface area contributed by atoms with Gasteiger partial charge in [0.2, 0.25) is 0 Å². The minimum atomic E-state index is 0.985. The molecule has 0 fully saturated rings. The lowest BCUT2D eigenvalue weighted by atomic mass is 10.3. The number of anilines is 1. The Morgan fingerprint density at radius 1 is 1.25 bits per heavy atom. The lowest BCUT2D eigenvalue weighted by Gasteiger charge is -2.01. The molecule has 0 aliphatic rings. The number of hydrogen-bond donors (Lipinski definition) is 1. The summed E-state index contributed by atoms with van der Waals surface area (Å²) >= 11 is 5.09. The van der Waals surface area contributed by atoms with E-state index in [-0.39, 0.29) is 0 Å². The Bertz CT molecular complexity index is 474. The van der Waals surface area contributed by atoms with Gasteiger partial charge in [-0.3, -0.25) is 5.43 Å². The SMILES string of the molecule is CC(=NNc1ccc(Br)cc1)c1cccs1. The van der Waals surface area contributed by atoms with Crippen LogP contribution >= 0.6 is 27.3 Å². The molecule has 0 aliphatic carbocycles. The Morgan fingerprint density at radius 2 is 2.00 bits per heavy atom. The molecule has 0 saturated heterocycles. The Morgan fingerprint density at radius 3 is 2.62 bits per heavy atom. The first kappa shape index (κ1) is 11.4. The van der Waals surface area contributed by atoms with Gasteiger partial charge in [0.1, 0.15) is 0 Å². The van der Waals surface area contributed by atoms with Crippen LogP contribution in [-0.4, -0.2) is 5.71 Å². The molecule has 2 nitrogen and oxygen atoms in total. The van der Waals surface area contributed by atoms with Crippen molar-refractivity contribution in [3.63, 3.8) is 0 Å². The van der Waals surface area contributed by atoms with Gasteiger partial charge in [-0.05, 0) is 42.6 Å². The molecule has 16 heavy (non-hydrogen) atoms. The van der Waals surface area contributed by atoms with E-state index in [1.54, 1.807) is 11.3 Å². The minimum Gasteiger partial charge on any atom is -0.278 e. The van der Waals surface area contributed by atoms with Crippen molar-refractivity contribution in [1.29, 1.82) is 0 Å². The zero-order chi connectivity index (χ0) is 11.4. The van der Waals surface area contributed by atoms with Gasteiger partial charge in [0.15, 0.2) is 0 Å². The van der Waals surface area contributed by atoms with E-state index in [1.807, 2.05) is 42.6 Å². The molecule has 1 aromatic carbocycles. The van der Waals surface area contributed by atoms with E-state index in [0.717, 1.165) is 15.9 Å². The maximum absolute atomic E-state index is 4.33. The lowest BCUT2D eigenvalue weighted by Crippen LogP contribution is -1.96. The summed E-state index contributed by atoms with van der Waals surface area (Å²) in [6, 6.07) is 12.0. The van der Waals surface area contributed by atoms with Gasteiger partial charge in [-0.2, -0.15) is 5.10 Å². The third kappa shape index (κ3) is 2.93. The lowest BCUT2D eigenvalue weighted by molar-refractivity contribution is 1.32. The van der Waals surface area contributed by atoms with Gasteiger partial charge in [-0.1, -0.05) is 22.0 Å². The molecule has 0 unspecified atom stereocenters. The van der Waals surface area contributed by atoms with Crippen molar-refractivity contribution >= 4 is 38.7 Å². The van der Waals surface area contributed by atoms with Gasteiger partial charge in [0.25, 0.3) is 0 Å². The van der Waals surface area contributed by atoms with Gasteiger partial charge >= 0.3 is 0 Å². The highest BCUT2D eigenvalue weighted by atomic mass is 79.9. The molecule has 0 amide bonds. The summed E-state index contributed by atoms with van der Waals surface area (Å²) in [6.45, 7) is 2.00. The molecule has 82 valence electrons. The number of nitrogens with zero attached hydrogens (tertiary/aromatic N) is 1. The molecule has 0 saturated carbocycles. The molecule has 4 heteroatoms. The minimum absolute atomic E-state index is 0.985. The van der Waals surface area contributed by atoms with Crippen molar-refractivity contribution in [1.82, 2.24) is 0 Å². The van der Waals surface area contributed by atoms with Crippen LogP contribution in [0.25, 0.3) is 0 Å². The van der Waals surface area contributed by atoms with Crippen LogP contribution in [0.3, 0.4) is 0 Å². The fourth-order valence-electron chi connectivity index (χ4n) is 1.21. The van der Waals surface area contributed by atoms with Gasteiger partial charge in [0, 0.05) is 9.35 Å². The zero-order valence-corrected chi connectivity index (χ0v) is 11.2. The Balaban J connectivity index is 2.06. The van der Waals surface area contributed by atoms with Crippen LogP contribution < -0.4 is 5.43 Å². The molecule has 0 atom stereocenters. The third-order valence-corrected chi connectivity index (χ3v) is 3.58. The second-order valence-electron chi connectivity index (χ2n) is 3.29. The van der Waals surface area contributed by atoms with Gasteiger partial charge in [-0.25, -0.2) is 0 Å². The molecule has 2 rings (SSSR count). The molecule has 0 spiro atoms. The highest BCUT2D eigenvalue weighted by Gasteiger charge is 1.97. The van der Waals surface area contributed by atoms with E-state index in [2.05, 4.69) is 32.5 Å². The highest BCUT2D eigenvalue weighted by molar-refractivity contribution is 9.10. The maximum Gasteiger partial charge on any atom is 0.0747 e. The Labute approximate surface area is 107 Å². The molecule has 2 aromatic rings. The molecule has 1 N–H and O–H groups in total. The summed E-state index contributed by atoms with van der Waals surface area (Å²) in [5.74, 6) is 0. The highest BCUT2D eigenvalue weighted by Crippen LogP contribution is 2.15. The average Bonchev–Trinajstić information content (AvgIpc) is 2.81. The third-order valence-electron chi connectivity index (χ3n) is 2.07. The molecule has 0 aliphatic heterocycles. The van der Waals surface area contributed by atoms with Gasteiger partial charge in [0.05, 0.1) is 11.4 Å². The Hall–Kier alpha value is -1.13. The summed E-state index contributed by atoms with van der Waals surface area (Å²) in [4.78, 5) is 1.18. The van der Waals surface area contributed by atoms with Gasteiger partial charge in [-0.15, -0.1) is 11.3 Å². The standard InChI is InChI=1S/C12H11BrN2S/c1-9(12-3-2-8-16-12)14-15-11-6-4-10(13)5-7-11/h2-8,15H,1H3. The number of thiophene rings is 1. The molecule has 1 heterocycles. The van der Waals surface area contributed by atoms with Crippen molar-refractivity contribution < 1.29 is 0 Å². The molecule has 0 radical (unpaired) electrons. The van der Waals surface area contributed by atoms with Crippen LogP contribution in [0, 0.1) is 0 Å².